The molecule has 0 saturated carbocycles. The topological polar surface area (TPSA) is 57.7 Å². The second kappa shape index (κ2) is 6.52. The Bertz CT molecular complexity index is 510. The number of aromatic nitrogens is 1. The van der Waals surface area contributed by atoms with E-state index in [4.69, 9.17) is 4.74 Å². The summed E-state index contributed by atoms with van der Waals surface area (Å²) < 4.78 is 5.58. The van der Waals surface area contributed by atoms with Gasteiger partial charge in [-0.25, -0.2) is 9.78 Å². The largest absolute Gasteiger partial charge is 0.375 e. The maximum absolute atomic E-state index is 12.5. The van der Waals surface area contributed by atoms with Crippen LogP contribution in [0.25, 0.3) is 0 Å². The smallest absolute Gasteiger partial charge is 0.318 e. The molecule has 2 fully saturated rings. The van der Waals surface area contributed by atoms with Crippen molar-refractivity contribution in [3.05, 3.63) is 24.4 Å². The number of hydrogen-bond acceptors (Lipinski definition) is 4. The van der Waals surface area contributed by atoms with E-state index in [1.54, 1.807) is 6.20 Å². The first kappa shape index (κ1) is 15.1. The second-order valence-electron chi connectivity index (χ2n) is 6.21. The van der Waals surface area contributed by atoms with E-state index >= 15 is 0 Å². The first-order valence-corrected chi connectivity index (χ1v) is 7.98. The van der Waals surface area contributed by atoms with Crippen LogP contribution in [0.15, 0.2) is 24.4 Å². The number of rotatable bonds is 2. The fourth-order valence-corrected chi connectivity index (χ4v) is 3.07. The molecule has 3 atom stereocenters. The van der Waals surface area contributed by atoms with E-state index < -0.39 is 0 Å². The zero-order chi connectivity index (χ0) is 15.5. The number of anilines is 1. The third-order valence-electron chi connectivity index (χ3n) is 4.36. The number of hydrogen-bond donors (Lipinski definition) is 1. The summed E-state index contributed by atoms with van der Waals surface area (Å²) in [5.41, 5.74) is 0. The van der Waals surface area contributed by atoms with E-state index in [2.05, 4.69) is 15.2 Å². The predicted molar refractivity (Wildman–Crippen MR) is 85.0 cm³/mol. The molecule has 6 nitrogen and oxygen atoms in total. The summed E-state index contributed by atoms with van der Waals surface area (Å²) in [5, 5.41) is 3.16. The molecular formula is C16H24N4O2. The van der Waals surface area contributed by atoms with Crippen LogP contribution >= 0.6 is 0 Å². The van der Waals surface area contributed by atoms with Crippen LogP contribution in [0.1, 0.15) is 20.3 Å². The molecule has 0 radical (unpaired) electrons. The highest BCUT2D eigenvalue weighted by Crippen LogP contribution is 2.18. The molecule has 2 aliphatic rings. The predicted octanol–water partition coefficient (Wildman–Crippen LogP) is 1.48. The summed E-state index contributed by atoms with van der Waals surface area (Å²) in [5.74, 6) is 0.979. The molecule has 3 rings (SSSR count). The molecule has 1 aromatic heterocycles. The molecule has 1 N–H and O–H groups in total. The van der Waals surface area contributed by atoms with Crippen molar-refractivity contribution in [3.63, 3.8) is 0 Å². The molecule has 0 unspecified atom stereocenters. The number of nitrogens with zero attached hydrogens (tertiary/aromatic N) is 3. The van der Waals surface area contributed by atoms with Crippen molar-refractivity contribution in [1.29, 1.82) is 0 Å². The summed E-state index contributed by atoms with van der Waals surface area (Å²) >= 11 is 0. The van der Waals surface area contributed by atoms with E-state index in [1.807, 2.05) is 36.9 Å². The van der Waals surface area contributed by atoms with Crippen LogP contribution in [-0.4, -0.2) is 60.3 Å². The van der Waals surface area contributed by atoms with E-state index in [-0.39, 0.29) is 24.2 Å². The lowest BCUT2D eigenvalue weighted by atomic mass is 10.2. The van der Waals surface area contributed by atoms with Crippen molar-refractivity contribution < 1.29 is 9.53 Å². The number of amides is 2. The Hall–Kier alpha value is -1.82. The number of nitrogens with one attached hydrogen (secondary N) is 1. The van der Waals surface area contributed by atoms with Crippen LogP contribution in [0, 0.1) is 0 Å². The molecular weight excluding hydrogens is 280 g/mol. The summed E-state index contributed by atoms with van der Waals surface area (Å²) in [6.45, 7) is 7.04. The molecule has 2 amide bonds. The third kappa shape index (κ3) is 3.32. The van der Waals surface area contributed by atoms with Gasteiger partial charge in [0.25, 0.3) is 0 Å². The second-order valence-corrected chi connectivity index (χ2v) is 6.21. The van der Waals surface area contributed by atoms with Crippen molar-refractivity contribution in [3.8, 4) is 0 Å². The summed E-state index contributed by atoms with van der Waals surface area (Å²) in [4.78, 5) is 21.0. The highest BCUT2D eigenvalue weighted by atomic mass is 16.5. The third-order valence-corrected chi connectivity index (χ3v) is 4.36. The van der Waals surface area contributed by atoms with Crippen LogP contribution in [0.2, 0.25) is 0 Å². The molecule has 0 aliphatic carbocycles. The summed E-state index contributed by atoms with van der Waals surface area (Å²) in [7, 11) is 0. The van der Waals surface area contributed by atoms with E-state index in [9.17, 15) is 4.79 Å². The minimum Gasteiger partial charge on any atom is -0.375 e. The maximum Gasteiger partial charge on any atom is 0.318 e. The van der Waals surface area contributed by atoms with Gasteiger partial charge in [-0.05, 0) is 32.4 Å². The number of ether oxygens (including phenoxy) is 1. The van der Waals surface area contributed by atoms with Crippen molar-refractivity contribution in [2.45, 2.75) is 38.5 Å². The van der Waals surface area contributed by atoms with Gasteiger partial charge >= 0.3 is 6.03 Å². The van der Waals surface area contributed by atoms with Gasteiger partial charge < -0.3 is 19.9 Å². The monoisotopic (exact) mass is 304 g/mol. The van der Waals surface area contributed by atoms with Crippen LogP contribution in [0.4, 0.5) is 10.6 Å². The van der Waals surface area contributed by atoms with Crippen LogP contribution < -0.4 is 10.2 Å². The summed E-state index contributed by atoms with van der Waals surface area (Å²) in [6.07, 6.45) is 2.87. The lowest BCUT2D eigenvalue weighted by molar-refractivity contribution is -0.0320. The van der Waals surface area contributed by atoms with Crippen LogP contribution in [0.3, 0.4) is 0 Å². The van der Waals surface area contributed by atoms with Gasteiger partial charge in [0, 0.05) is 31.9 Å². The molecule has 3 heterocycles. The van der Waals surface area contributed by atoms with Crippen LogP contribution in [-0.2, 0) is 4.74 Å². The zero-order valence-electron chi connectivity index (χ0n) is 13.2. The van der Waals surface area contributed by atoms with Crippen molar-refractivity contribution in [2.75, 3.05) is 31.1 Å². The number of pyridine rings is 1. The lowest BCUT2D eigenvalue weighted by Gasteiger charge is -2.37. The Labute approximate surface area is 131 Å². The number of urea groups is 1. The van der Waals surface area contributed by atoms with Gasteiger partial charge in [0.2, 0.25) is 0 Å². The Morgan fingerprint density at radius 1 is 1.36 bits per heavy atom. The molecule has 0 aromatic carbocycles. The van der Waals surface area contributed by atoms with Gasteiger partial charge in [-0.1, -0.05) is 6.07 Å². The van der Waals surface area contributed by atoms with Gasteiger partial charge in [0.15, 0.2) is 0 Å². The van der Waals surface area contributed by atoms with Crippen molar-refractivity contribution in [2.24, 2.45) is 0 Å². The quantitative estimate of drug-likeness (QED) is 0.899. The Morgan fingerprint density at radius 3 is 3.00 bits per heavy atom. The maximum atomic E-state index is 12.5. The van der Waals surface area contributed by atoms with Crippen molar-refractivity contribution >= 4 is 11.8 Å². The Kier molecular flexibility index (Phi) is 4.47. The molecule has 2 saturated heterocycles. The van der Waals surface area contributed by atoms with Gasteiger partial charge in [-0.3, -0.25) is 0 Å². The van der Waals surface area contributed by atoms with Gasteiger partial charge in [-0.2, -0.15) is 0 Å². The molecule has 0 bridgehead atoms. The van der Waals surface area contributed by atoms with E-state index in [1.165, 1.54) is 0 Å². The number of carbonyl (C=O) groups is 1. The highest BCUT2D eigenvalue weighted by Gasteiger charge is 2.31. The summed E-state index contributed by atoms with van der Waals surface area (Å²) in [6, 6.07) is 6.25. The zero-order valence-corrected chi connectivity index (χ0v) is 13.2. The fraction of sp³-hybridized carbons (Fsp3) is 0.625. The average molecular weight is 304 g/mol. The van der Waals surface area contributed by atoms with Gasteiger partial charge in [-0.15, -0.1) is 0 Å². The molecule has 22 heavy (non-hydrogen) atoms. The number of carbonyl (C=O) groups excluding carboxylic acids is 1. The Morgan fingerprint density at radius 2 is 2.23 bits per heavy atom. The molecule has 1 aromatic rings. The highest BCUT2D eigenvalue weighted by molar-refractivity contribution is 5.75. The first-order valence-electron chi connectivity index (χ1n) is 7.98. The molecule has 6 heteroatoms. The molecule has 2 aliphatic heterocycles. The van der Waals surface area contributed by atoms with E-state index in [0.717, 1.165) is 25.3 Å². The molecule has 0 spiro atoms. The minimum atomic E-state index is 0.0236. The number of morpholine rings is 1. The van der Waals surface area contributed by atoms with Gasteiger partial charge in [0.1, 0.15) is 5.82 Å². The SMILES string of the molecule is C[C@@H]1CN(C(=O)N[C@@H]2CCN(c3ccccn3)C2)[C@H](C)CO1. The first-order chi connectivity index (χ1) is 10.6. The Balaban J connectivity index is 1.54. The van der Waals surface area contributed by atoms with Crippen LogP contribution in [0.5, 0.6) is 0 Å². The lowest BCUT2D eigenvalue weighted by Crippen LogP contribution is -2.55. The molecule has 120 valence electrons. The minimum absolute atomic E-state index is 0.0236. The normalized spacial score (nSPS) is 28.7. The van der Waals surface area contributed by atoms with Gasteiger partial charge in [0.05, 0.1) is 18.8 Å². The average Bonchev–Trinajstić information content (AvgIpc) is 2.99. The fourth-order valence-electron chi connectivity index (χ4n) is 3.07. The van der Waals surface area contributed by atoms with Crippen molar-refractivity contribution in [1.82, 2.24) is 15.2 Å². The van der Waals surface area contributed by atoms with E-state index in [0.29, 0.717) is 13.2 Å². The standard InChI is InChI=1S/C16H24N4O2/c1-12-11-22-13(2)9-20(12)16(21)18-14-6-8-19(10-14)15-5-3-4-7-17-15/h3-5,7,12-14H,6,8-11H2,1-2H3,(H,18,21)/t12-,13-,14-/m1/s1.